The monoisotopic (exact) mass is 269 g/mol. The van der Waals surface area contributed by atoms with Gasteiger partial charge in [0.1, 0.15) is 6.04 Å². The molecule has 0 aromatic heterocycles. The molecule has 2 N–H and O–H groups in total. The summed E-state index contributed by atoms with van der Waals surface area (Å²) in [7, 11) is 0. The Bertz CT molecular complexity index is 307. The van der Waals surface area contributed by atoms with E-state index in [0.29, 0.717) is 13.0 Å². The Morgan fingerprint density at radius 2 is 2.11 bits per heavy atom. The second-order valence-electron chi connectivity index (χ2n) is 5.20. The zero-order valence-electron chi connectivity index (χ0n) is 12.4. The summed E-state index contributed by atoms with van der Waals surface area (Å²) in [6.45, 7) is 8.29. The summed E-state index contributed by atoms with van der Waals surface area (Å²) in [5, 5.41) is 6.19. The Kier molecular flexibility index (Phi) is 6.84. The summed E-state index contributed by atoms with van der Waals surface area (Å²) >= 11 is 0. The quantitative estimate of drug-likeness (QED) is 0.721. The molecule has 0 bridgehead atoms. The van der Waals surface area contributed by atoms with E-state index in [1.54, 1.807) is 4.90 Å². The molecule has 0 aromatic rings. The van der Waals surface area contributed by atoms with Gasteiger partial charge in [0.25, 0.3) is 0 Å². The van der Waals surface area contributed by atoms with E-state index in [1.807, 2.05) is 20.8 Å². The zero-order chi connectivity index (χ0) is 14.3. The predicted molar refractivity (Wildman–Crippen MR) is 75.8 cm³/mol. The minimum Gasteiger partial charge on any atom is -0.353 e. The predicted octanol–water partition coefficient (Wildman–Crippen LogP) is 0.892. The number of hydrogen-bond acceptors (Lipinski definition) is 3. The molecule has 110 valence electrons. The number of nitrogens with zero attached hydrogens (tertiary/aromatic N) is 1. The molecule has 1 rings (SSSR count). The van der Waals surface area contributed by atoms with E-state index in [1.165, 1.54) is 0 Å². The number of likely N-dealkylation sites (N-methyl/N-ethyl adjacent to an activating group) is 1. The lowest BCUT2D eigenvalue weighted by Crippen LogP contribution is -2.48. The number of carbonyl (C=O) groups excluding carboxylic acids is 2. The van der Waals surface area contributed by atoms with Crippen molar-refractivity contribution < 1.29 is 9.59 Å². The van der Waals surface area contributed by atoms with Gasteiger partial charge in [-0.25, -0.2) is 0 Å². The summed E-state index contributed by atoms with van der Waals surface area (Å²) in [6, 6.07) is 0.00280. The molecule has 1 saturated heterocycles. The Morgan fingerprint density at radius 3 is 2.74 bits per heavy atom. The lowest BCUT2D eigenvalue weighted by atomic mass is 10.2. The van der Waals surface area contributed by atoms with Gasteiger partial charge in [-0.3, -0.25) is 9.59 Å². The van der Waals surface area contributed by atoms with Gasteiger partial charge in [-0.2, -0.15) is 0 Å². The van der Waals surface area contributed by atoms with Crippen molar-refractivity contribution in [1.29, 1.82) is 0 Å². The van der Waals surface area contributed by atoms with Crippen molar-refractivity contribution in [3.05, 3.63) is 0 Å². The van der Waals surface area contributed by atoms with E-state index in [-0.39, 0.29) is 23.9 Å². The maximum absolute atomic E-state index is 12.1. The summed E-state index contributed by atoms with van der Waals surface area (Å²) in [5.41, 5.74) is 0. The highest BCUT2D eigenvalue weighted by molar-refractivity contribution is 5.88. The smallest absolute Gasteiger partial charge is 0.242 e. The van der Waals surface area contributed by atoms with Crippen LogP contribution in [-0.4, -0.2) is 48.4 Å². The molecule has 1 aliphatic rings. The molecule has 0 radical (unpaired) electrons. The zero-order valence-corrected chi connectivity index (χ0v) is 12.4. The summed E-state index contributed by atoms with van der Waals surface area (Å²) in [6.07, 6.45) is 3.09. The molecule has 0 aliphatic carbocycles. The van der Waals surface area contributed by atoms with Gasteiger partial charge in [0.15, 0.2) is 0 Å². The van der Waals surface area contributed by atoms with Crippen LogP contribution in [0.3, 0.4) is 0 Å². The van der Waals surface area contributed by atoms with Gasteiger partial charge in [-0.15, -0.1) is 0 Å². The highest BCUT2D eigenvalue weighted by Gasteiger charge is 2.33. The molecular formula is C14H27N3O2. The molecule has 2 atom stereocenters. The largest absolute Gasteiger partial charge is 0.353 e. The fourth-order valence-electron chi connectivity index (χ4n) is 2.49. The van der Waals surface area contributed by atoms with Crippen LogP contribution in [0.5, 0.6) is 0 Å². The Hall–Kier alpha value is -1.10. The topological polar surface area (TPSA) is 61.4 Å². The highest BCUT2D eigenvalue weighted by atomic mass is 16.2. The van der Waals surface area contributed by atoms with Crippen molar-refractivity contribution >= 4 is 11.8 Å². The minimum atomic E-state index is -0.257. The molecule has 2 amide bonds. The second kappa shape index (κ2) is 8.15. The average Bonchev–Trinajstić information content (AvgIpc) is 2.86. The lowest BCUT2D eigenvalue weighted by molar-refractivity contribution is -0.138. The summed E-state index contributed by atoms with van der Waals surface area (Å²) in [5.74, 6) is 0.103. The number of nitrogens with one attached hydrogen (secondary N) is 2. The van der Waals surface area contributed by atoms with Crippen molar-refractivity contribution in [3.63, 3.8) is 0 Å². The molecule has 1 unspecified atom stereocenters. The van der Waals surface area contributed by atoms with Gasteiger partial charge >= 0.3 is 0 Å². The highest BCUT2D eigenvalue weighted by Crippen LogP contribution is 2.18. The first-order chi connectivity index (χ1) is 9.10. The summed E-state index contributed by atoms with van der Waals surface area (Å²) < 4.78 is 0. The van der Waals surface area contributed by atoms with Crippen LogP contribution in [0.25, 0.3) is 0 Å². The fraction of sp³-hybridized carbons (Fsp3) is 0.857. The van der Waals surface area contributed by atoms with Gasteiger partial charge in [0.05, 0.1) is 0 Å². The molecule has 5 heteroatoms. The van der Waals surface area contributed by atoms with Crippen molar-refractivity contribution in [3.8, 4) is 0 Å². The molecule has 1 fully saturated rings. The number of hydrogen-bond donors (Lipinski definition) is 2. The first kappa shape index (κ1) is 16.0. The van der Waals surface area contributed by atoms with Crippen LogP contribution in [0.4, 0.5) is 0 Å². The van der Waals surface area contributed by atoms with Crippen LogP contribution in [0.15, 0.2) is 0 Å². The first-order valence-electron chi connectivity index (χ1n) is 7.40. The maximum atomic E-state index is 12.1. The van der Waals surface area contributed by atoms with E-state index in [0.717, 1.165) is 32.4 Å². The fourth-order valence-corrected chi connectivity index (χ4v) is 2.49. The van der Waals surface area contributed by atoms with E-state index in [4.69, 9.17) is 0 Å². The molecule has 1 aliphatic heterocycles. The number of amides is 2. The van der Waals surface area contributed by atoms with Crippen LogP contribution in [0.1, 0.15) is 46.5 Å². The maximum Gasteiger partial charge on any atom is 0.242 e. The molecule has 0 spiro atoms. The van der Waals surface area contributed by atoms with Gasteiger partial charge in [-0.05, 0) is 32.7 Å². The second-order valence-corrected chi connectivity index (χ2v) is 5.20. The third kappa shape index (κ3) is 4.82. The normalized spacial score (nSPS) is 20.4. The summed E-state index contributed by atoms with van der Waals surface area (Å²) in [4.78, 5) is 25.8. The number of carbonyl (C=O) groups is 2. The van der Waals surface area contributed by atoms with Crippen LogP contribution < -0.4 is 10.6 Å². The van der Waals surface area contributed by atoms with Gasteiger partial charge in [-0.1, -0.05) is 13.8 Å². The molecule has 19 heavy (non-hydrogen) atoms. The van der Waals surface area contributed by atoms with Crippen molar-refractivity contribution in [2.45, 2.75) is 58.5 Å². The van der Waals surface area contributed by atoms with E-state index < -0.39 is 0 Å². The molecular weight excluding hydrogens is 242 g/mol. The third-order valence-corrected chi connectivity index (χ3v) is 3.47. The molecule has 5 nitrogen and oxygen atoms in total. The third-order valence-electron chi connectivity index (χ3n) is 3.47. The van der Waals surface area contributed by atoms with Crippen molar-refractivity contribution in [1.82, 2.24) is 15.5 Å². The Labute approximate surface area is 116 Å². The van der Waals surface area contributed by atoms with Crippen LogP contribution in [-0.2, 0) is 9.59 Å². The first-order valence-corrected chi connectivity index (χ1v) is 7.40. The van der Waals surface area contributed by atoms with Gasteiger partial charge < -0.3 is 15.5 Å². The SMILES string of the molecule is CCCC(=O)N1CCCC1C(=O)NC[C@@H](C)NCC. The standard InChI is InChI=1S/C14H27N3O2/c1-4-7-13(18)17-9-6-8-12(17)14(19)16-10-11(3)15-5-2/h11-12,15H,4-10H2,1-3H3,(H,16,19)/t11-,12?/m1/s1. The van der Waals surface area contributed by atoms with Crippen molar-refractivity contribution in [2.24, 2.45) is 0 Å². The van der Waals surface area contributed by atoms with E-state index in [2.05, 4.69) is 10.6 Å². The molecule has 0 aromatic carbocycles. The number of rotatable bonds is 7. The van der Waals surface area contributed by atoms with Gasteiger partial charge in [0, 0.05) is 25.6 Å². The molecule has 1 heterocycles. The molecule has 0 saturated carbocycles. The van der Waals surface area contributed by atoms with Crippen molar-refractivity contribution in [2.75, 3.05) is 19.6 Å². The Morgan fingerprint density at radius 1 is 1.37 bits per heavy atom. The van der Waals surface area contributed by atoms with E-state index in [9.17, 15) is 9.59 Å². The van der Waals surface area contributed by atoms with Crippen LogP contribution >= 0.6 is 0 Å². The van der Waals surface area contributed by atoms with Crippen LogP contribution in [0.2, 0.25) is 0 Å². The minimum absolute atomic E-state index is 0.00768. The number of likely N-dealkylation sites (tertiary alicyclic amines) is 1. The van der Waals surface area contributed by atoms with Crippen LogP contribution in [0, 0.1) is 0 Å². The lowest BCUT2D eigenvalue weighted by Gasteiger charge is -2.24. The average molecular weight is 269 g/mol. The van der Waals surface area contributed by atoms with E-state index >= 15 is 0 Å². The Balaban J connectivity index is 2.44. The van der Waals surface area contributed by atoms with Gasteiger partial charge in [0.2, 0.25) is 11.8 Å².